The van der Waals surface area contributed by atoms with Crippen LogP contribution in [0.15, 0.2) is 0 Å². The molecule has 0 unspecified atom stereocenters. The maximum absolute atomic E-state index is 11.4. The molecule has 0 aliphatic carbocycles. The van der Waals surface area contributed by atoms with E-state index in [0.717, 1.165) is 12.6 Å². The number of hydrogen-bond donors (Lipinski definition) is 0. The highest BCUT2D eigenvalue weighted by Gasteiger charge is 2.31. The van der Waals surface area contributed by atoms with Gasteiger partial charge in [0.25, 0.3) is 0 Å². The van der Waals surface area contributed by atoms with E-state index in [1.165, 1.54) is 6.92 Å². The molecule has 2 atom stereocenters. The first-order valence-corrected chi connectivity index (χ1v) is 6.25. The average Bonchev–Trinajstić information content (AvgIpc) is 2.08. The van der Waals surface area contributed by atoms with Crippen LogP contribution in [0.3, 0.4) is 0 Å². The predicted octanol–water partition coefficient (Wildman–Crippen LogP) is 1.31. The van der Waals surface area contributed by atoms with Crippen LogP contribution in [0, 0.1) is 0 Å². The normalized spacial score (nSPS) is 37.1. The van der Waals surface area contributed by atoms with Gasteiger partial charge in [0.1, 0.15) is 6.10 Å². The van der Waals surface area contributed by atoms with Gasteiger partial charge in [-0.05, 0) is 13.1 Å². The Morgan fingerprint density at radius 2 is 2.27 bits per heavy atom. The van der Waals surface area contributed by atoms with Crippen molar-refractivity contribution in [1.29, 1.82) is 0 Å². The number of rotatable bonds is 1. The third-order valence-corrected chi connectivity index (χ3v) is 4.23. The van der Waals surface area contributed by atoms with Crippen LogP contribution in [0.1, 0.15) is 13.3 Å². The van der Waals surface area contributed by atoms with Crippen molar-refractivity contribution in [2.75, 3.05) is 19.0 Å². The van der Waals surface area contributed by atoms with E-state index in [9.17, 15) is 9.36 Å². The van der Waals surface area contributed by atoms with Crippen LogP contribution in [0.5, 0.6) is 0 Å². The molecule has 0 amide bonds. The summed E-state index contributed by atoms with van der Waals surface area (Å²) in [6.07, 6.45) is 1.99. The fraction of sp³-hybridized carbons (Fsp3) is 0.857. The van der Waals surface area contributed by atoms with E-state index in [0.29, 0.717) is 6.16 Å². The Balaban J connectivity index is 2.43. The first kappa shape index (κ1) is 8.79. The molecule has 4 heteroatoms. The molecule has 1 aliphatic heterocycles. The van der Waals surface area contributed by atoms with Crippen molar-refractivity contribution in [2.24, 2.45) is 0 Å². The lowest BCUT2D eigenvalue weighted by Crippen LogP contribution is -2.14. The summed E-state index contributed by atoms with van der Waals surface area (Å²) in [5.41, 5.74) is 0. The van der Waals surface area contributed by atoms with Crippen molar-refractivity contribution < 1.29 is 14.1 Å². The van der Waals surface area contributed by atoms with Gasteiger partial charge in [-0.3, -0.25) is 4.79 Å². The summed E-state index contributed by atoms with van der Waals surface area (Å²) < 4.78 is 16.4. The van der Waals surface area contributed by atoms with Gasteiger partial charge in [0.2, 0.25) is 0 Å². The first-order valence-electron chi connectivity index (χ1n) is 3.72. The lowest BCUT2D eigenvalue weighted by molar-refractivity contribution is -0.145. The Kier molecular flexibility index (Phi) is 2.38. The third-order valence-electron chi connectivity index (χ3n) is 1.85. The topological polar surface area (TPSA) is 43.4 Å². The highest BCUT2D eigenvalue weighted by Crippen LogP contribution is 2.48. The van der Waals surface area contributed by atoms with Crippen LogP contribution in [-0.2, 0) is 14.1 Å². The molecule has 64 valence electrons. The number of carbonyl (C=O) groups excluding carboxylic acids is 1. The molecule has 1 aliphatic rings. The van der Waals surface area contributed by atoms with Gasteiger partial charge in [0, 0.05) is 19.2 Å². The standard InChI is InChI=1S/C7H13O3P/c1-6(8)10-7-3-4-11(2,9)5-7/h7H,3-5H2,1-2H3/t7-,11-/m0/s1. The maximum atomic E-state index is 11.4. The molecule has 0 aromatic carbocycles. The van der Waals surface area contributed by atoms with E-state index in [1.54, 1.807) is 6.66 Å². The second kappa shape index (κ2) is 2.98. The lowest BCUT2D eigenvalue weighted by Gasteiger charge is -2.08. The largest absolute Gasteiger partial charge is 0.462 e. The van der Waals surface area contributed by atoms with E-state index in [2.05, 4.69) is 0 Å². The van der Waals surface area contributed by atoms with E-state index in [4.69, 9.17) is 4.74 Å². The minimum absolute atomic E-state index is 0.0802. The molecule has 0 radical (unpaired) electrons. The average molecular weight is 176 g/mol. The van der Waals surface area contributed by atoms with Crippen LogP contribution >= 0.6 is 7.14 Å². The summed E-state index contributed by atoms with van der Waals surface area (Å²) in [4.78, 5) is 10.5. The fourth-order valence-electron chi connectivity index (χ4n) is 1.36. The zero-order chi connectivity index (χ0) is 8.48. The van der Waals surface area contributed by atoms with Crippen LogP contribution in [-0.4, -0.2) is 31.1 Å². The fourth-order valence-corrected chi connectivity index (χ4v) is 3.50. The quantitative estimate of drug-likeness (QED) is 0.447. The van der Waals surface area contributed by atoms with Gasteiger partial charge in [-0.25, -0.2) is 0 Å². The van der Waals surface area contributed by atoms with Crippen molar-refractivity contribution in [1.82, 2.24) is 0 Å². The zero-order valence-corrected chi connectivity index (χ0v) is 7.77. The van der Waals surface area contributed by atoms with Gasteiger partial charge in [0.05, 0.1) is 7.14 Å². The minimum Gasteiger partial charge on any atom is -0.462 e. The van der Waals surface area contributed by atoms with Gasteiger partial charge >= 0.3 is 5.97 Å². The second-order valence-corrected chi connectivity index (χ2v) is 6.63. The Labute approximate surface area is 66.5 Å². The van der Waals surface area contributed by atoms with Crippen molar-refractivity contribution in [3.05, 3.63) is 0 Å². The number of hydrogen-bond acceptors (Lipinski definition) is 3. The molecule has 11 heavy (non-hydrogen) atoms. The Morgan fingerprint density at radius 3 is 2.64 bits per heavy atom. The van der Waals surface area contributed by atoms with Crippen LogP contribution in [0.25, 0.3) is 0 Å². The van der Waals surface area contributed by atoms with Gasteiger partial charge in [-0.1, -0.05) is 0 Å². The van der Waals surface area contributed by atoms with E-state index < -0.39 is 7.14 Å². The molecule has 0 spiro atoms. The molecule has 0 bridgehead atoms. The smallest absolute Gasteiger partial charge is 0.302 e. The van der Waals surface area contributed by atoms with E-state index >= 15 is 0 Å². The molecule has 0 aromatic rings. The monoisotopic (exact) mass is 176 g/mol. The van der Waals surface area contributed by atoms with Gasteiger partial charge < -0.3 is 9.30 Å². The Bertz CT molecular complexity index is 212. The number of ether oxygens (including phenoxy) is 1. The summed E-state index contributed by atoms with van der Waals surface area (Å²) in [5, 5.41) is 0. The minimum atomic E-state index is -1.93. The lowest BCUT2D eigenvalue weighted by atomic mass is 10.3. The molecule has 0 aromatic heterocycles. The van der Waals surface area contributed by atoms with Gasteiger partial charge in [0.15, 0.2) is 0 Å². The predicted molar refractivity (Wildman–Crippen MR) is 43.4 cm³/mol. The summed E-state index contributed by atoms with van der Waals surface area (Å²) >= 11 is 0. The first-order chi connectivity index (χ1) is 4.99. The van der Waals surface area contributed by atoms with Gasteiger partial charge in [-0.2, -0.15) is 0 Å². The SMILES string of the molecule is CC(=O)O[C@H]1CC[P@](C)(=O)C1. The van der Waals surface area contributed by atoms with E-state index in [-0.39, 0.29) is 12.1 Å². The summed E-state index contributed by atoms with van der Waals surface area (Å²) in [5.74, 6) is -0.267. The third kappa shape index (κ3) is 2.66. The van der Waals surface area contributed by atoms with Crippen LogP contribution in [0.2, 0.25) is 0 Å². The molecule has 0 saturated carbocycles. The highest BCUT2D eigenvalue weighted by molar-refractivity contribution is 7.63. The second-order valence-electron chi connectivity index (χ2n) is 3.22. The molecule has 1 rings (SSSR count). The van der Waals surface area contributed by atoms with Crippen LogP contribution < -0.4 is 0 Å². The molecular weight excluding hydrogens is 163 g/mol. The van der Waals surface area contributed by atoms with E-state index in [1.807, 2.05) is 0 Å². The molecule has 3 nitrogen and oxygen atoms in total. The summed E-state index contributed by atoms with van der Waals surface area (Å²) in [6.45, 7) is 3.16. The molecule has 1 heterocycles. The van der Waals surface area contributed by atoms with Crippen molar-refractivity contribution in [3.63, 3.8) is 0 Å². The van der Waals surface area contributed by atoms with Crippen molar-refractivity contribution >= 4 is 13.1 Å². The molecular formula is C7H13O3P. The Hall–Kier alpha value is -0.300. The molecule has 0 N–H and O–H groups in total. The summed E-state index contributed by atoms with van der Waals surface area (Å²) in [6, 6.07) is 0. The number of esters is 1. The van der Waals surface area contributed by atoms with Crippen molar-refractivity contribution in [2.45, 2.75) is 19.4 Å². The highest BCUT2D eigenvalue weighted by atomic mass is 31.2. The number of carbonyl (C=O) groups is 1. The van der Waals surface area contributed by atoms with Crippen LogP contribution in [0.4, 0.5) is 0 Å². The maximum Gasteiger partial charge on any atom is 0.302 e. The van der Waals surface area contributed by atoms with Crippen molar-refractivity contribution in [3.8, 4) is 0 Å². The molecule has 1 saturated heterocycles. The Morgan fingerprint density at radius 1 is 1.64 bits per heavy atom. The summed E-state index contributed by atoms with van der Waals surface area (Å²) in [7, 11) is -1.93. The molecule has 1 fully saturated rings. The zero-order valence-electron chi connectivity index (χ0n) is 6.87. The van der Waals surface area contributed by atoms with Gasteiger partial charge in [-0.15, -0.1) is 0 Å².